The number of nitriles is 1. The summed E-state index contributed by atoms with van der Waals surface area (Å²) >= 11 is 8.14. The van der Waals surface area contributed by atoms with Gasteiger partial charge in [0.15, 0.2) is 17.3 Å². The van der Waals surface area contributed by atoms with E-state index < -0.39 is 0 Å². The monoisotopic (exact) mass is 576 g/mol. The molecule has 0 bridgehead atoms. The quantitative estimate of drug-likeness (QED) is 0.200. The van der Waals surface area contributed by atoms with E-state index in [4.69, 9.17) is 25.8 Å². The molecule has 0 aliphatic rings. The maximum atomic E-state index is 9.54. The Kier molecular flexibility index (Phi) is 8.88. The zero-order valence-electron chi connectivity index (χ0n) is 18.4. The summed E-state index contributed by atoms with van der Waals surface area (Å²) in [6, 6.07) is 15.2. The number of benzene rings is 2. The van der Waals surface area contributed by atoms with Crippen LogP contribution in [0.3, 0.4) is 0 Å². The van der Waals surface area contributed by atoms with E-state index in [0.29, 0.717) is 41.1 Å². The molecule has 0 unspecified atom stereocenters. The minimum atomic E-state index is 0.317. The molecule has 33 heavy (non-hydrogen) atoms. The standard InChI is InChI=1S/C24H22ClIN4O3/c1-15-8-18(14-31-2)20(11-27)24(29-15)30-28-12-17-9-21(26)23(22(10-17)32-3)33-13-16-4-6-19(25)7-5-16/h4-10,12H,13-14H2,1-3H3,(H,29,30)/b28-12+. The number of anilines is 1. The van der Waals surface area contributed by atoms with Gasteiger partial charge in [-0.15, -0.1) is 0 Å². The summed E-state index contributed by atoms with van der Waals surface area (Å²) in [5.41, 5.74) is 6.58. The molecule has 0 fully saturated rings. The van der Waals surface area contributed by atoms with E-state index >= 15 is 0 Å². The maximum absolute atomic E-state index is 9.54. The number of ether oxygens (including phenoxy) is 3. The number of rotatable bonds is 9. The molecular weight excluding hydrogens is 555 g/mol. The molecule has 3 aromatic rings. The van der Waals surface area contributed by atoms with Crippen LogP contribution < -0.4 is 14.9 Å². The van der Waals surface area contributed by atoms with Gasteiger partial charge in [0, 0.05) is 23.4 Å². The normalized spacial score (nSPS) is 10.8. The first-order chi connectivity index (χ1) is 15.9. The highest BCUT2D eigenvalue weighted by molar-refractivity contribution is 14.1. The van der Waals surface area contributed by atoms with Crippen molar-refractivity contribution in [2.24, 2.45) is 5.10 Å². The molecule has 1 heterocycles. The largest absolute Gasteiger partial charge is 0.493 e. The highest BCUT2D eigenvalue weighted by atomic mass is 127. The van der Waals surface area contributed by atoms with Gasteiger partial charge < -0.3 is 14.2 Å². The molecule has 0 saturated heterocycles. The maximum Gasteiger partial charge on any atom is 0.174 e. The van der Waals surface area contributed by atoms with Crippen LogP contribution in [-0.2, 0) is 18.0 Å². The molecule has 3 rings (SSSR count). The minimum Gasteiger partial charge on any atom is -0.493 e. The molecule has 1 N–H and O–H groups in total. The first-order valence-corrected chi connectivity index (χ1v) is 11.3. The molecule has 0 amide bonds. The van der Waals surface area contributed by atoms with Gasteiger partial charge in [0.05, 0.1) is 23.5 Å². The van der Waals surface area contributed by atoms with E-state index in [-0.39, 0.29) is 0 Å². The number of pyridine rings is 1. The summed E-state index contributed by atoms with van der Waals surface area (Å²) in [6.45, 7) is 2.56. The lowest BCUT2D eigenvalue weighted by molar-refractivity contribution is 0.184. The van der Waals surface area contributed by atoms with Crippen LogP contribution in [0.1, 0.15) is 27.9 Å². The molecule has 1 aromatic heterocycles. The zero-order chi connectivity index (χ0) is 23.8. The fourth-order valence-corrected chi connectivity index (χ4v) is 3.98. The average molecular weight is 577 g/mol. The molecule has 2 aromatic carbocycles. The summed E-state index contributed by atoms with van der Waals surface area (Å²) in [7, 11) is 3.17. The van der Waals surface area contributed by atoms with Crippen molar-refractivity contribution in [3.8, 4) is 17.6 Å². The van der Waals surface area contributed by atoms with Crippen molar-refractivity contribution in [1.82, 2.24) is 4.98 Å². The molecule has 9 heteroatoms. The van der Waals surface area contributed by atoms with Crippen molar-refractivity contribution in [3.05, 3.63) is 79.0 Å². The number of methoxy groups -OCH3 is 2. The third-order valence-corrected chi connectivity index (χ3v) is 5.63. The number of hydrazone groups is 1. The molecule has 0 atom stereocenters. The Morgan fingerprint density at radius 1 is 1.18 bits per heavy atom. The second-order valence-electron chi connectivity index (χ2n) is 7.01. The van der Waals surface area contributed by atoms with Gasteiger partial charge in [-0.25, -0.2) is 4.98 Å². The lowest BCUT2D eigenvalue weighted by Gasteiger charge is -2.14. The number of hydrogen-bond donors (Lipinski definition) is 1. The summed E-state index contributed by atoms with van der Waals surface area (Å²) in [5, 5.41) is 14.5. The van der Waals surface area contributed by atoms with Crippen LogP contribution in [0.4, 0.5) is 5.82 Å². The molecule has 0 aliphatic carbocycles. The number of nitrogens with zero attached hydrogens (tertiary/aromatic N) is 3. The second kappa shape index (κ2) is 11.8. The third kappa shape index (κ3) is 6.57. The molecule has 7 nitrogen and oxygen atoms in total. The molecule has 0 radical (unpaired) electrons. The van der Waals surface area contributed by atoms with Crippen LogP contribution in [0.5, 0.6) is 11.5 Å². The van der Waals surface area contributed by atoms with Gasteiger partial charge >= 0.3 is 0 Å². The van der Waals surface area contributed by atoms with Crippen LogP contribution in [0.25, 0.3) is 0 Å². The summed E-state index contributed by atoms with van der Waals surface area (Å²) in [6.07, 6.45) is 1.63. The lowest BCUT2D eigenvalue weighted by Crippen LogP contribution is -2.04. The topological polar surface area (TPSA) is 88.8 Å². The van der Waals surface area contributed by atoms with Crippen LogP contribution in [0.15, 0.2) is 47.6 Å². The van der Waals surface area contributed by atoms with Gasteiger partial charge in [-0.3, -0.25) is 5.43 Å². The SMILES string of the molecule is COCc1cc(C)nc(N/N=C/c2cc(I)c(OCc3ccc(Cl)cc3)c(OC)c2)c1C#N. The Balaban J connectivity index is 1.77. The number of aryl methyl sites for hydroxylation is 1. The fourth-order valence-electron chi connectivity index (χ4n) is 3.07. The predicted molar refractivity (Wildman–Crippen MR) is 137 cm³/mol. The van der Waals surface area contributed by atoms with Crippen LogP contribution in [0, 0.1) is 21.8 Å². The predicted octanol–water partition coefficient (Wildman–Crippen LogP) is 5.70. The number of nitrogens with one attached hydrogen (secondary N) is 1. The summed E-state index contributed by atoms with van der Waals surface area (Å²) in [5.74, 6) is 1.62. The van der Waals surface area contributed by atoms with Crippen molar-refractivity contribution >= 4 is 46.2 Å². The Labute approximate surface area is 211 Å². The van der Waals surface area contributed by atoms with E-state index in [1.54, 1.807) is 20.4 Å². The Bertz CT molecular complexity index is 1190. The smallest absolute Gasteiger partial charge is 0.174 e. The molecule has 0 spiro atoms. The molecule has 0 saturated carbocycles. The minimum absolute atomic E-state index is 0.317. The lowest BCUT2D eigenvalue weighted by atomic mass is 10.1. The van der Waals surface area contributed by atoms with E-state index in [1.165, 1.54) is 0 Å². The van der Waals surface area contributed by atoms with Crippen LogP contribution in [0.2, 0.25) is 5.02 Å². The number of hydrogen-bond acceptors (Lipinski definition) is 7. The number of halogens is 2. The second-order valence-corrected chi connectivity index (χ2v) is 8.61. The first-order valence-electron chi connectivity index (χ1n) is 9.88. The average Bonchev–Trinajstić information content (AvgIpc) is 2.79. The van der Waals surface area contributed by atoms with Crippen molar-refractivity contribution in [1.29, 1.82) is 5.26 Å². The summed E-state index contributed by atoms with van der Waals surface area (Å²) < 4.78 is 17.6. The molecular formula is C24H22ClIN4O3. The van der Waals surface area contributed by atoms with Gasteiger partial charge in [0.2, 0.25) is 0 Å². The van der Waals surface area contributed by atoms with Crippen LogP contribution in [-0.4, -0.2) is 25.4 Å². The van der Waals surface area contributed by atoms with E-state index in [1.807, 2.05) is 49.4 Å². The van der Waals surface area contributed by atoms with Gasteiger partial charge in [-0.1, -0.05) is 23.7 Å². The Morgan fingerprint density at radius 2 is 1.94 bits per heavy atom. The van der Waals surface area contributed by atoms with Crippen molar-refractivity contribution in [2.75, 3.05) is 19.6 Å². The van der Waals surface area contributed by atoms with Gasteiger partial charge in [0.25, 0.3) is 0 Å². The van der Waals surface area contributed by atoms with Crippen molar-refractivity contribution < 1.29 is 14.2 Å². The Hall–Kier alpha value is -2.87. The van der Waals surface area contributed by atoms with Crippen molar-refractivity contribution in [3.63, 3.8) is 0 Å². The van der Waals surface area contributed by atoms with Gasteiger partial charge in [0.1, 0.15) is 18.2 Å². The third-order valence-electron chi connectivity index (χ3n) is 4.57. The van der Waals surface area contributed by atoms with Gasteiger partial charge in [-0.2, -0.15) is 10.4 Å². The van der Waals surface area contributed by atoms with Gasteiger partial charge in [-0.05, 0) is 71.0 Å². The molecule has 0 aliphatic heterocycles. The highest BCUT2D eigenvalue weighted by Crippen LogP contribution is 2.34. The highest BCUT2D eigenvalue weighted by Gasteiger charge is 2.13. The fraction of sp³-hybridized carbons (Fsp3) is 0.208. The Morgan fingerprint density at radius 3 is 2.61 bits per heavy atom. The first kappa shape index (κ1) is 24.8. The number of aromatic nitrogens is 1. The van der Waals surface area contributed by atoms with E-state index in [9.17, 15) is 5.26 Å². The van der Waals surface area contributed by atoms with E-state index in [0.717, 1.165) is 26.0 Å². The van der Waals surface area contributed by atoms with Crippen LogP contribution >= 0.6 is 34.2 Å². The van der Waals surface area contributed by atoms with E-state index in [2.05, 4.69) is 44.2 Å². The summed E-state index contributed by atoms with van der Waals surface area (Å²) in [4.78, 5) is 4.38. The molecule has 170 valence electrons. The zero-order valence-corrected chi connectivity index (χ0v) is 21.3. The van der Waals surface area contributed by atoms with Crippen molar-refractivity contribution in [2.45, 2.75) is 20.1 Å².